The minimum Gasteiger partial charge on any atom is -0.463 e. The first-order valence-electron chi connectivity index (χ1n) is 10.6. The summed E-state index contributed by atoms with van der Waals surface area (Å²) in [5.41, 5.74) is 1.20. The number of hydrogen-bond acceptors (Lipinski definition) is 8. The van der Waals surface area contributed by atoms with Crippen molar-refractivity contribution in [1.29, 1.82) is 0 Å². The number of carbonyl (C=O) groups is 2. The molecule has 2 heterocycles. The van der Waals surface area contributed by atoms with Crippen molar-refractivity contribution >= 4 is 34.4 Å². The molecule has 2 aromatic heterocycles. The van der Waals surface area contributed by atoms with Crippen molar-refractivity contribution in [2.45, 2.75) is 60.1 Å². The molecule has 1 atom stereocenters. The van der Waals surface area contributed by atoms with E-state index in [-0.39, 0.29) is 17.1 Å². The molecule has 1 N–H and O–H groups in total. The van der Waals surface area contributed by atoms with Crippen LogP contribution in [0.2, 0.25) is 0 Å². The van der Waals surface area contributed by atoms with Gasteiger partial charge in [0.25, 0.3) is 0 Å². The standard InChI is InChI=1S/C24H28N2O6S/c1-12(2)19(26-23(29)32-24(5,6)7)22(28)31-15-8-13(3)18-17(9-15)30-10-16(20(18)27)21-25-14(4)11-33-21/h8-12,19H,1-7H3,(H,26,29)/t19-/m1/s1. The summed E-state index contributed by atoms with van der Waals surface area (Å²) in [5, 5.41) is 5.42. The van der Waals surface area contributed by atoms with Crippen molar-refractivity contribution in [3.8, 4) is 16.3 Å². The Bertz CT molecular complexity index is 1250. The fraction of sp³-hybridized carbons (Fsp3) is 0.417. The van der Waals surface area contributed by atoms with Gasteiger partial charge in [0.05, 0.1) is 10.9 Å². The molecule has 33 heavy (non-hydrogen) atoms. The van der Waals surface area contributed by atoms with Crippen LogP contribution < -0.4 is 15.5 Å². The number of ether oxygens (including phenoxy) is 2. The molecule has 1 amide bonds. The summed E-state index contributed by atoms with van der Waals surface area (Å²) in [4.78, 5) is 42.4. The summed E-state index contributed by atoms with van der Waals surface area (Å²) in [6.07, 6.45) is 0.665. The number of benzene rings is 1. The Morgan fingerprint density at radius 3 is 2.45 bits per heavy atom. The smallest absolute Gasteiger partial charge is 0.408 e. The highest BCUT2D eigenvalue weighted by atomic mass is 32.1. The van der Waals surface area contributed by atoms with Gasteiger partial charge < -0.3 is 19.2 Å². The maximum Gasteiger partial charge on any atom is 0.408 e. The first kappa shape index (κ1) is 24.4. The molecular weight excluding hydrogens is 444 g/mol. The van der Waals surface area contributed by atoms with Crippen molar-refractivity contribution in [3.05, 3.63) is 45.3 Å². The summed E-state index contributed by atoms with van der Waals surface area (Å²) < 4.78 is 16.5. The van der Waals surface area contributed by atoms with Gasteiger partial charge in [0, 0.05) is 17.1 Å². The number of carbonyl (C=O) groups excluding carboxylic acids is 2. The molecule has 0 aliphatic rings. The lowest BCUT2D eigenvalue weighted by molar-refractivity contribution is -0.137. The van der Waals surface area contributed by atoms with Crippen LogP contribution in [0, 0.1) is 19.8 Å². The zero-order valence-corrected chi connectivity index (χ0v) is 20.6. The number of amides is 1. The average Bonchev–Trinajstić information content (AvgIpc) is 3.10. The first-order valence-corrected chi connectivity index (χ1v) is 11.4. The van der Waals surface area contributed by atoms with Crippen molar-refractivity contribution in [3.63, 3.8) is 0 Å². The molecule has 0 bridgehead atoms. The Hall–Kier alpha value is -3.20. The summed E-state index contributed by atoms with van der Waals surface area (Å²) in [6, 6.07) is 2.17. The number of rotatable bonds is 5. The van der Waals surface area contributed by atoms with Crippen LogP contribution in [0.5, 0.6) is 5.75 Å². The van der Waals surface area contributed by atoms with Gasteiger partial charge in [-0.15, -0.1) is 11.3 Å². The van der Waals surface area contributed by atoms with E-state index in [0.29, 0.717) is 27.1 Å². The summed E-state index contributed by atoms with van der Waals surface area (Å²) in [6.45, 7) is 12.4. The van der Waals surface area contributed by atoms with E-state index in [2.05, 4.69) is 10.3 Å². The highest BCUT2D eigenvalue weighted by Gasteiger charge is 2.29. The van der Waals surface area contributed by atoms with E-state index < -0.39 is 23.7 Å². The van der Waals surface area contributed by atoms with E-state index in [1.165, 1.54) is 23.7 Å². The highest BCUT2D eigenvalue weighted by Crippen LogP contribution is 2.28. The number of thiazole rings is 1. The van der Waals surface area contributed by atoms with E-state index in [9.17, 15) is 14.4 Å². The van der Waals surface area contributed by atoms with Crippen molar-refractivity contribution in [1.82, 2.24) is 10.3 Å². The van der Waals surface area contributed by atoms with Crippen LogP contribution in [-0.4, -0.2) is 28.7 Å². The lowest BCUT2D eigenvalue weighted by Gasteiger charge is -2.24. The summed E-state index contributed by atoms with van der Waals surface area (Å²) >= 11 is 1.37. The second kappa shape index (κ2) is 9.35. The van der Waals surface area contributed by atoms with Gasteiger partial charge in [-0.3, -0.25) is 4.79 Å². The summed E-state index contributed by atoms with van der Waals surface area (Å²) in [5.74, 6) is -0.678. The number of nitrogens with one attached hydrogen (secondary N) is 1. The molecule has 0 aliphatic carbocycles. The number of alkyl carbamates (subject to hydrolysis) is 1. The molecule has 176 valence electrons. The number of nitrogens with zero attached hydrogens (tertiary/aromatic N) is 1. The van der Waals surface area contributed by atoms with Crippen molar-refractivity contribution < 1.29 is 23.5 Å². The Morgan fingerprint density at radius 2 is 1.88 bits per heavy atom. The fourth-order valence-electron chi connectivity index (χ4n) is 3.21. The number of fused-ring (bicyclic) bond motifs is 1. The van der Waals surface area contributed by atoms with Crippen LogP contribution in [0.1, 0.15) is 45.9 Å². The predicted molar refractivity (Wildman–Crippen MR) is 127 cm³/mol. The molecule has 3 rings (SSSR count). The maximum atomic E-state index is 13.1. The van der Waals surface area contributed by atoms with Crippen LogP contribution >= 0.6 is 11.3 Å². The molecule has 0 saturated carbocycles. The molecule has 0 unspecified atom stereocenters. The first-order chi connectivity index (χ1) is 15.4. The number of hydrogen-bond donors (Lipinski definition) is 1. The van der Waals surface area contributed by atoms with Gasteiger partial charge in [-0.05, 0) is 52.2 Å². The lowest BCUT2D eigenvalue weighted by atomic mass is 10.0. The molecule has 0 aliphatic heterocycles. The Kier molecular flexibility index (Phi) is 6.92. The van der Waals surface area contributed by atoms with Crippen molar-refractivity contribution in [2.75, 3.05) is 0 Å². The van der Waals surface area contributed by atoms with Gasteiger partial charge >= 0.3 is 12.1 Å². The van der Waals surface area contributed by atoms with E-state index >= 15 is 0 Å². The van der Waals surface area contributed by atoms with Crippen LogP contribution in [0.15, 0.2) is 33.0 Å². The molecule has 9 heteroatoms. The molecule has 1 aromatic carbocycles. The van der Waals surface area contributed by atoms with Gasteiger partial charge in [-0.25, -0.2) is 14.6 Å². The fourth-order valence-corrected chi connectivity index (χ4v) is 4.01. The topological polar surface area (TPSA) is 108 Å². The van der Waals surface area contributed by atoms with Crippen LogP contribution in [0.3, 0.4) is 0 Å². The van der Waals surface area contributed by atoms with Crippen molar-refractivity contribution in [2.24, 2.45) is 5.92 Å². The Morgan fingerprint density at radius 1 is 1.18 bits per heavy atom. The Labute approximate surface area is 195 Å². The zero-order valence-electron chi connectivity index (χ0n) is 19.8. The van der Waals surface area contributed by atoms with E-state index in [0.717, 1.165) is 5.69 Å². The van der Waals surface area contributed by atoms with E-state index in [1.807, 2.05) is 12.3 Å². The van der Waals surface area contributed by atoms with Gasteiger partial charge in [-0.1, -0.05) is 13.8 Å². The van der Waals surface area contributed by atoms with Crippen LogP contribution in [0.25, 0.3) is 21.5 Å². The number of aromatic nitrogens is 1. The normalized spacial score (nSPS) is 12.6. The number of aryl methyl sites for hydroxylation is 2. The minimum atomic E-state index is -0.918. The average molecular weight is 473 g/mol. The molecule has 0 spiro atoms. The third-order valence-electron chi connectivity index (χ3n) is 4.71. The predicted octanol–water partition coefficient (Wildman–Crippen LogP) is 4.99. The second-order valence-corrected chi connectivity index (χ2v) is 10.0. The van der Waals surface area contributed by atoms with Gasteiger partial charge in [0.1, 0.15) is 34.2 Å². The quantitative estimate of drug-likeness (QED) is 0.412. The van der Waals surface area contributed by atoms with E-state index in [4.69, 9.17) is 13.9 Å². The third-order valence-corrected chi connectivity index (χ3v) is 5.70. The zero-order chi connectivity index (χ0) is 24.5. The largest absolute Gasteiger partial charge is 0.463 e. The molecule has 0 radical (unpaired) electrons. The van der Waals surface area contributed by atoms with E-state index in [1.54, 1.807) is 47.6 Å². The Balaban J connectivity index is 1.87. The molecule has 0 fully saturated rings. The maximum absolute atomic E-state index is 13.1. The van der Waals surface area contributed by atoms with Crippen LogP contribution in [0.4, 0.5) is 4.79 Å². The molecule has 0 saturated heterocycles. The molecule has 3 aromatic rings. The highest BCUT2D eigenvalue weighted by molar-refractivity contribution is 7.13. The third kappa shape index (κ3) is 5.78. The van der Waals surface area contributed by atoms with Gasteiger partial charge in [0.2, 0.25) is 5.43 Å². The summed E-state index contributed by atoms with van der Waals surface area (Å²) in [7, 11) is 0. The lowest BCUT2D eigenvalue weighted by Crippen LogP contribution is -2.48. The SMILES string of the molecule is Cc1csc(-c2coc3cc(OC(=O)[C@H](NC(=O)OC(C)(C)C)C(C)C)cc(C)c3c2=O)n1. The molecular formula is C24H28N2O6S. The second-order valence-electron chi connectivity index (χ2n) is 9.17. The van der Waals surface area contributed by atoms with Crippen LogP contribution in [-0.2, 0) is 9.53 Å². The molecule has 8 nitrogen and oxygen atoms in total. The minimum absolute atomic E-state index is 0.201. The van der Waals surface area contributed by atoms with Gasteiger partial charge in [-0.2, -0.15) is 0 Å². The number of esters is 1. The van der Waals surface area contributed by atoms with Gasteiger partial charge in [0.15, 0.2) is 0 Å². The monoisotopic (exact) mass is 472 g/mol.